The number of ether oxygens (including phenoxy) is 1. The Balaban J connectivity index is 3.25. The van der Waals surface area contributed by atoms with Gasteiger partial charge in [-0.15, -0.1) is 0 Å². The van der Waals surface area contributed by atoms with Crippen molar-refractivity contribution in [2.45, 2.75) is 46.0 Å². The monoisotopic (exact) mass is 188 g/mol. The van der Waals surface area contributed by atoms with E-state index >= 15 is 0 Å². The van der Waals surface area contributed by atoms with Gasteiger partial charge in [-0.05, 0) is 13.3 Å². The van der Waals surface area contributed by atoms with Crippen LogP contribution in [0.4, 0.5) is 0 Å². The van der Waals surface area contributed by atoms with Crippen molar-refractivity contribution in [1.29, 1.82) is 0 Å². The van der Waals surface area contributed by atoms with Crippen molar-refractivity contribution >= 4 is 0 Å². The van der Waals surface area contributed by atoms with Crippen LogP contribution in [0, 0.1) is 5.92 Å². The molecule has 2 nitrogen and oxygen atoms in total. The summed E-state index contributed by atoms with van der Waals surface area (Å²) in [4.78, 5) is 0. The van der Waals surface area contributed by atoms with Crippen LogP contribution in [0.5, 0.6) is 0 Å². The van der Waals surface area contributed by atoms with E-state index in [4.69, 9.17) is 9.84 Å². The molecule has 0 amide bonds. The predicted octanol–water partition coefficient (Wildman–Crippen LogP) is 2.60. The maximum Gasteiger partial charge on any atom is 0.0516 e. The third-order valence-electron chi connectivity index (χ3n) is 2.28. The Morgan fingerprint density at radius 2 is 1.92 bits per heavy atom. The Bertz CT molecular complexity index is 94.1. The molecule has 1 unspecified atom stereocenters. The van der Waals surface area contributed by atoms with E-state index in [9.17, 15) is 0 Å². The molecular weight excluding hydrogens is 164 g/mol. The Kier molecular flexibility index (Phi) is 9.94. The normalized spacial score (nSPS) is 13.2. The standard InChI is InChI=1S/C11H24O2/c1-3-5-6-7-8-11(9-12)10-13-4-2/h11-12H,3-10H2,1-2H3. The predicted molar refractivity (Wildman–Crippen MR) is 55.8 cm³/mol. The van der Waals surface area contributed by atoms with Gasteiger partial charge in [0.05, 0.1) is 6.61 Å². The van der Waals surface area contributed by atoms with Gasteiger partial charge in [-0.2, -0.15) is 0 Å². The molecule has 0 aromatic carbocycles. The summed E-state index contributed by atoms with van der Waals surface area (Å²) in [6.07, 6.45) is 6.21. The SMILES string of the molecule is CCCCCCC(CO)COCC. The van der Waals surface area contributed by atoms with Crippen molar-refractivity contribution in [3.8, 4) is 0 Å². The Hall–Kier alpha value is -0.0800. The highest BCUT2D eigenvalue weighted by Gasteiger charge is 2.06. The number of hydrogen-bond donors (Lipinski definition) is 1. The van der Waals surface area contributed by atoms with Crippen LogP contribution in [0.15, 0.2) is 0 Å². The molecule has 0 fully saturated rings. The molecule has 0 aliphatic heterocycles. The molecule has 13 heavy (non-hydrogen) atoms. The molecule has 0 saturated carbocycles. The van der Waals surface area contributed by atoms with E-state index < -0.39 is 0 Å². The van der Waals surface area contributed by atoms with Crippen LogP contribution in [-0.4, -0.2) is 24.9 Å². The molecule has 0 aromatic rings. The molecule has 0 aliphatic carbocycles. The second-order valence-electron chi connectivity index (χ2n) is 3.56. The zero-order valence-electron chi connectivity index (χ0n) is 9.09. The van der Waals surface area contributed by atoms with Crippen LogP contribution in [0.25, 0.3) is 0 Å². The van der Waals surface area contributed by atoms with Crippen molar-refractivity contribution in [3.63, 3.8) is 0 Å². The highest BCUT2D eigenvalue weighted by atomic mass is 16.5. The average Bonchev–Trinajstić information content (AvgIpc) is 2.17. The molecule has 0 rings (SSSR count). The number of aliphatic hydroxyl groups excluding tert-OH is 1. The molecule has 1 atom stereocenters. The lowest BCUT2D eigenvalue weighted by Crippen LogP contribution is -2.13. The first-order valence-electron chi connectivity index (χ1n) is 5.53. The lowest BCUT2D eigenvalue weighted by atomic mass is 10.0. The van der Waals surface area contributed by atoms with Gasteiger partial charge < -0.3 is 9.84 Å². The summed E-state index contributed by atoms with van der Waals surface area (Å²) < 4.78 is 5.28. The van der Waals surface area contributed by atoms with Crippen LogP contribution < -0.4 is 0 Å². The Morgan fingerprint density at radius 1 is 1.15 bits per heavy atom. The van der Waals surface area contributed by atoms with Gasteiger partial charge >= 0.3 is 0 Å². The van der Waals surface area contributed by atoms with E-state index in [0.717, 1.165) is 19.6 Å². The van der Waals surface area contributed by atoms with Crippen molar-refractivity contribution in [3.05, 3.63) is 0 Å². The van der Waals surface area contributed by atoms with E-state index in [0.29, 0.717) is 5.92 Å². The zero-order valence-corrected chi connectivity index (χ0v) is 9.09. The molecule has 0 aliphatic rings. The molecule has 0 bridgehead atoms. The van der Waals surface area contributed by atoms with Gasteiger partial charge in [0.2, 0.25) is 0 Å². The number of rotatable bonds is 9. The van der Waals surface area contributed by atoms with Crippen molar-refractivity contribution in [2.75, 3.05) is 19.8 Å². The molecule has 0 heterocycles. The first-order chi connectivity index (χ1) is 6.35. The maximum absolute atomic E-state index is 9.03. The van der Waals surface area contributed by atoms with Crippen LogP contribution in [0.1, 0.15) is 46.0 Å². The molecule has 0 aromatic heterocycles. The summed E-state index contributed by atoms with van der Waals surface area (Å²) in [5, 5.41) is 9.03. The lowest BCUT2D eigenvalue weighted by molar-refractivity contribution is 0.0759. The summed E-state index contributed by atoms with van der Waals surface area (Å²) in [6.45, 7) is 5.95. The first-order valence-corrected chi connectivity index (χ1v) is 5.53. The number of aliphatic hydroxyl groups is 1. The fraction of sp³-hybridized carbons (Fsp3) is 1.00. The van der Waals surface area contributed by atoms with Crippen molar-refractivity contribution in [1.82, 2.24) is 0 Å². The maximum atomic E-state index is 9.03. The van der Waals surface area contributed by atoms with E-state index in [-0.39, 0.29) is 6.61 Å². The summed E-state index contributed by atoms with van der Waals surface area (Å²) in [5.41, 5.74) is 0. The van der Waals surface area contributed by atoms with Gasteiger partial charge in [0.25, 0.3) is 0 Å². The van der Waals surface area contributed by atoms with Gasteiger partial charge in [0.1, 0.15) is 0 Å². The largest absolute Gasteiger partial charge is 0.396 e. The van der Waals surface area contributed by atoms with Crippen molar-refractivity contribution in [2.24, 2.45) is 5.92 Å². The fourth-order valence-corrected chi connectivity index (χ4v) is 1.37. The Morgan fingerprint density at radius 3 is 2.46 bits per heavy atom. The second-order valence-corrected chi connectivity index (χ2v) is 3.56. The summed E-state index contributed by atoms with van der Waals surface area (Å²) in [7, 11) is 0. The number of hydrogen-bond acceptors (Lipinski definition) is 2. The lowest BCUT2D eigenvalue weighted by Gasteiger charge is -2.13. The van der Waals surface area contributed by atoms with Crippen LogP contribution >= 0.6 is 0 Å². The molecular formula is C11H24O2. The molecule has 0 saturated heterocycles. The summed E-state index contributed by atoms with van der Waals surface area (Å²) in [6, 6.07) is 0. The molecule has 0 radical (unpaired) electrons. The third kappa shape index (κ3) is 8.26. The highest BCUT2D eigenvalue weighted by Crippen LogP contribution is 2.10. The molecule has 1 N–H and O–H groups in total. The van der Waals surface area contributed by atoms with Gasteiger partial charge in [-0.25, -0.2) is 0 Å². The van der Waals surface area contributed by atoms with Crippen molar-refractivity contribution < 1.29 is 9.84 Å². The van der Waals surface area contributed by atoms with E-state index in [1.54, 1.807) is 0 Å². The first kappa shape index (κ1) is 12.9. The van der Waals surface area contributed by atoms with E-state index in [2.05, 4.69) is 6.92 Å². The van der Waals surface area contributed by atoms with E-state index in [1.807, 2.05) is 6.92 Å². The zero-order chi connectivity index (χ0) is 9.94. The Labute approximate surface area is 82.3 Å². The minimum Gasteiger partial charge on any atom is -0.396 e. The van der Waals surface area contributed by atoms with Gasteiger partial charge in [0, 0.05) is 19.1 Å². The average molecular weight is 188 g/mol. The second kappa shape index (κ2) is 10.0. The van der Waals surface area contributed by atoms with Gasteiger partial charge in [-0.1, -0.05) is 32.6 Å². The third-order valence-corrected chi connectivity index (χ3v) is 2.28. The van der Waals surface area contributed by atoms with Crippen LogP contribution in [0.2, 0.25) is 0 Å². The molecule has 0 spiro atoms. The highest BCUT2D eigenvalue weighted by molar-refractivity contribution is 4.56. The minimum atomic E-state index is 0.270. The number of unbranched alkanes of at least 4 members (excludes halogenated alkanes) is 3. The van der Waals surface area contributed by atoms with Crippen LogP contribution in [0.3, 0.4) is 0 Å². The minimum absolute atomic E-state index is 0.270. The summed E-state index contributed by atoms with van der Waals surface area (Å²) >= 11 is 0. The topological polar surface area (TPSA) is 29.5 Å². The molecule has 2 heteroatoms. The smallest absolute Gasteiger partial charge is 0.0516 e. The molecule has 80 valence electrons. The quantitative estimate of drug-likeness (QED) is 0.564. The van der Waals surface area contributed by atoms with Gasteiger partial charge in [-0.3, -0.25) is 0 Å². The summed E-state index contributed by atoms with van der Waals surface area (Å²) in [5.74, 6) is 0.358. The van der Waals surface area contributed by atoms with E-state index in [1.165, 1.54) is 25.7 Å². The van der Waals surface area contributed by atoms with Crippen LogP contribution in [-0.2, 0) is 4.74 Å². The fourth-order valence-electron chi connectivity index (χ4n) is 1.37. The van der Waals surface area contributed by atoms with Gasteiger partial charge in [0.15, 0.2) is 0 Å².